The standard InChI is InChI=1S/C22H19B5N4O4/c1-12-9-17-28-13(2)10-18(32)31(17)29-19(12)30-7-5-20(23,6-8-30)33-14-3-4-15-16(11-14)35-22(26,27)21(24,25)34-15/h3-4,9-11H,5-8H2,1-2H3. The van der Waals surface area contributed by atoms with Crippen LogP contribution in [0.2, 0.25) is 0 Å². The number of piperidine rings is 1. The van der Waals surface area contributed by atoms with Gasteiger partial charge in [0.25, 0.3) is 5.56 Å². The Bertz CT molecular complexity index is 1370. The van der Waals surface area contributed by atoms with Crippen molar-refractivity contribution >= 4 is 50.7 Å². The molecule has 4 heterocycles. The van der Waals surface area contributed by atoms with Crippen LogP contribution in [0.25, 0.3) is 5.65 Å². The molecule has 8 nitrogen and oxygen atoms in total. The average molecular weight is 457 g/mol. The summed E-state index contributed by atoms with van der Waals surface area (Å²) in [6.45, 7) is 4.88. The van der Waals surface area contributed by atoms with Crippen LogP contribution in [-0.4, -0.2) is 83.2 Å². The highest BCUT2D eigenvalue weighted by molar-refractivity contribution is 6.53. The summed E-state index contributed by atoms with van der Waals surface area (Å²) in [6.07, 6.45) is 1.02. The average Bonchev–Trinajstić information content (AvgIpc) is 2.74. The van der Waals surface area contributed by atoms with Crippen LogP contribution in [0.3, 0.4) is 0 Å². The van der Waals surface area contributed by atoms with E-state index in [2.05, 4.69) is 15.0 Å². The normalized spacial score (nSPS) is 19.9. The van der Waals surface area contributed by atoms with Crippen molar-refractivity contribution in [2.75, 3.05) is 18.0 Å². The van der Waals surface area contributed by atoms with Crippen LogP contribution < -0.4 is 24.7 Å². The summed E-state index contributed by atoms with van der Waals surface area (Å²) in [5.41, 5.74) is 0.933. The molecule has 1 aromatic carbocycles. The first kappa shape index (κ1) is 23.8. The molecular formula is C22H19B5N4O4. The SMILES string of the molecule is [B]C1(Oc2ccc3c(c2)OC([B])([B])C([B])([B])O3)CCN(c2nn3c(=O)cc(C)nc3cc2C)CC1. The van der Waals surface area contributed by atoms with Crippen LogP contribution in [-0.2, 0) is 0 Å². The molecule has 0 aliphatic carbocycles. The lowest BCUT2D eigenvalue weighted by Crippen LogP contribution is -2.65. The van der Waals surface area contributed by atoms with E-state index in [0.717, 1.165) is 5.56 Å². The van der Waals surface area contributed by atoms with Crippen molar-refractivity contribution in [3.63, 3.8) is 0 Å². The van der Waals surface area contributed by atoms with Crippen molar-refractivity contribution in [3.8, 4) is 17.2 Å². The van der Waals surface area contributed by atoms with Gasteiger partial charge in [-0.3, -0.25) is 4.79 Å². The maximum absolute atomic E-state index is 12.4. The van der Waals surface area contributed by atoms with Gasteiger partial charge in [-0.15, -0.1) is 5.10 Å². The minimum Gasteiger partial charge on any atom is -0.501 e. The Morgan fingerprint density at radius 3 is 2.29 bits per heavy atom. The molecule has 1 saturated heterocycles. The Morgan fingerprint density at radius 1 is 0.943 bits per heavy atom. The van der Waals surface area contributed by atoms with Gasteiger partial charge in [0.15, 0.2) is 23.0 Å². The van der Waals surface area contributed by atoms with Gasteiger partial charge in [-0.25, -0.2) is 4.98 Å². The Balaban J connectivity index is 1.32. The zero-order chi connectivity index (χ0) is 25.2. The van der Waals surface area contributed by atoms with Crippen molar-refractivity contribution < 1.29 is 14.2 Å². The van der Waals surface area contributed by atoms with Gasteiger partial charge < -0.3 is 19.1 Å². The van der Waals surface area contributed by atoms with Crippen LogP contribution in [0.5, 0.6) is 17.2 Å². The second-order valence-electron chi connectivity index (χ2n) is 9.21. The lowest BCUT2D eigenvalue weighted by Gasteiger charge is -2.48. The van der Waals surface area contributed by atoms with E-state index in [0.29, 0.717) is 48.8 Å². The fraction of sp³-hybridized carbons (Fsp3) is 0.409. The molecule has 3 aromatic rings. The first-order chi connectivity index (χ1) is 16.4. The Morgan fingerprint density at radius 2 is 1.60 bits per heavy atom. The van der Waals surface area contributed by atoms with Crippen LogP contribution in [0.1, 0.15) is 24.1 Å². The molecule has 5 rings (SSSR count). The van der Waals surface area contributed by atoms with E-state index >= 15 is 0 Å². The molecule has 0 atom stereocenters. The van der Waals surface area contributed by atoms with Crippen LogP contribution in [0.15, 0.2) is 35.1 Å². The van der Waals surface area contributed by atoms with E-state index in [-0.39, 0.29) is 17.1 Å². The summed E-state index contributed by atoms with van der Waals surface area (Å²) in [5.74, 6) is 1.69. The molecule has 0 bridgehead atoms. The molecule has 2 aromatic heterocycles. The number of aryl methyl sites for hydroxylation is 2. The third-order valence-corrected chi connectivity index (χ3v) is 6.26. The molecule has 10 radical (unpaired) electrons. The molecule has 166 valence electrons. The number of nitrogens with zero attached hydrogens (tertiary/aromatic N) is 4. The number of ether oxygens (including phenoxy) is 3. The van der Waals surface area contributed by atoms with Gasteiger partial charge in [-0.1, -0.05) is 0 Å². The summed E-state index contributed by atoms with van der Waals surface area (Å²) in [6, 6.07) is 8.18. The molecule has 35 heavy (non-hydrogen) atoms. The highest BCUT2D eigenvalue weighted by Gasteiger charge is 2.43. The molecule has 0 amide bonds. The van der Waals surface area contributed by atoms with Gasteiger partial charge in [-0.2, -0.15) is 4.52 Å². The van der Waals surface area contributed by atoms with Gasteiger partial charge in [-0.05, 0) is 50.5 Å². The maximum atomic E-state index is 12.4. The van der Waals surface area contributed by atoms with Crippen molar-refractivity contribution in [1.29, 1.82) is 0 Å². The van der Waals surface area contributed by atoms with E-state index in [4.69, 9.17) is 53.4 Å². The van der Waals surface area contributed by atoms with Gasteiger partial charge >= 0.3 is 0 Å². The zero-order valence-electron chi connectivity index (χ0n) is 19.5. The number of hydrogen-bond acceptors (Lipinski definition) is 7. The summed E-state index contributed by atoms with van der Waals surface area (Å²) in [4.78, 5) is 18.9. The molecule has 0 N–H and O–H groups in total. The molecule has 13 heteroatoms. The van der Waals surface area contributed by atoms with Crippen LogP contribution >= 0.6 is 0 Å². The third-order valence-electron chi connectivity index (χ3n) is 6.26. The first-order valence-electron chi connectivity index (χ1n) is 11.1. The predicted octanol–water partition coefficient (Wildman–Crippen LogP) is 0.00314. The Hall–Kier alpha value is -2.97. The van der Waals surface area contributed by atoms with E-state index in [1.807, 2.05) is 13.0 Å². The number of fused-ring (bicyclic) bond motifs is 2. The Labute approximate surface area is 209 Å². The second-order valence-corrected chi connectivity index (χ2v) is 9.21. The van der Waals surface area contributed by atoms with Crippen molar-refractivity contribution in [2.45, 2.75) is 43.0 Å². The summed E-state index contributed by atoms with van der Waals surface area (Å²) in [5, 5.41) is 0.713. The first-order valence-corrected chi connectivity index (χ1v) is 11.1. The van der Waals surface area contributed by atoms with E-state index < -0.39 is 16.3 Å². The van der Waals surface area contributed by atoms with E-state index in [1.54, 1.807) is 25.1 Å². The summed E-state index contributed by atoms with van der Waals surface area (Å²) < 4.78 is 18.5. The second kappa shape index (κ2) is 8.03. The monoisotopic (exact) mass is 458 g/mol. The molecule has 2 aliphatic heterocycles. The fourth-order valence-electron chi connectivity index (χ4n) is 4.22. The van der Waals surface area contributed by atoms with Crippen molar-refractivity contribution in [3.05, 3.63) is 51.9 Å². The molecule has 0 unspecified atom stereocenters. The van der Waals surface area contributed by atoms with Gasteiger partial charge in [0.2, 0.25) is 0 Å². The maximum Gasteiger partial charge on any atom is 0.274 e. The molecule has 0 saturated carbocycles. The summed E-state index contributed by atoms with van der Waals surface area (Å²) >= 11 is 0. The third kappa shape index (κ3) is 4.30. The number of benzene rings is 1. The smallest absolute Gasteiger partial charge is 0.274 e. The molecule has 0 spiro atoms. The minimum absolute atomic E-state index is 0.221. The highest BCUT2D eigenvalue weighted by atomic mass is 16.6. The number of hydrogen-bond donors (Lipinski definition) is 0. The Kier molecular flexibility index (Phi) is 5.45. The van der Waals surface area contributed by atoms with Gasteiger partial charge in [0.05, 0.1) is 5.50 Å². The van der Waals surface area contributed by atoms with Crippen LogP contribution in [0.4, 0.5) is 5.82 Å². The molecular weight excluding hydrogens is 438 g/mol. The molecule has 2 aliphatic rings. The van der Waals surface area contributed by atoms with E-state index in [1.165, 1.54) is 10.6 Å². The quantitative estimate of drug-likeness (QED) is 0.513. The summed E-state index contributed by atoms with van der Waals surface area (Å²) in [7, 11) is 29.8. The number of aromatic nitrogens is 3. The topological polar surface area (TPSA) is 78.2 Å². The fourth-order valence-corrected chi connectivity index (χ4v) is 4.22. The van der Waals surface area contributed by atoms with Gasteiger partial charge in [0, 0.05) is 41.7 Å². The van der Waals surface area contributed by atoms with Gasteiger partial charge in [0.1, 0.15) is 45.0 Å². The largest absolute Gasteiger partial charge is 0.501 e. The van der Waals surface area contributed by atoms with Crippen molar-refractivity contribution in [1.82, 2.24) is 14.6 Å². The highest BCUT2D eigenvalue weighted by Crippen LogP contribution is 2.42. The van der Waals surface area contributed by atoms with E-state index in [9.17, 15) is 4.79 Å². The minimum atomic E-state index is -1.94. The van der Waals surface area contributed by atoms with Crippen molar-refractivity contribution in [2.24, 2.45) is 0 Å². The number of rotatable bonds is 3. The zero-order valence-corrected chi connectivity index (χ0v) is 19.5. The molecule has 1 fully saturated rings. The lowest BCUT2D eigenvalue weighted by molar-refractivity contribution is 0.0603. The van der Waals surface area contributed by atoms with Crippen LogP contribution in [0, 0.1) is 13.8 Å². The number of anilines is 1. The predicted molar refractivity (Wildman–Crippen MR) is 135 cm³/mol. The lowest BCUT2D eigenvalue weighted by atomic mass is 9.41.